The number of aromatic nitrogens is 2. The van der Waals surface area contributed by atoms with Gasteiger partial charge in [0.1, 0.15) is 11.9 Å². The molecule has 2 aromatic heterocycles. The summed E-state index contributed by atoms with van der Waals surface area (Å²) in [6.07, 6.45) is 0.914. The van der Waals surface area contributed by atoms with Crippen LogP contribution in [0.1, 0.15) is 21.5 Å². The Bertz CT molecular complexity index is 873. The lowest BCUT2D eigenvalue weighted by molar-refractivity contribution is 0.0901. The van der Waals surface area contributed by atoms with Crippen LogP contribution in [0.2, 0.25) is 5.02 Å². The van der Waals surface area contributed by atoms with Gasteiger partial charge in [-0.3, -0.25) is 10.1 Å². The molecule has 0 unspecified atom stereocenters. The number of nitrogens with zero attached hydrogens (tertiary/aromatic N) is 2. The molecule has 3 aromatic rings. The first-order chi connectivity index (χ1) is 12.2. The van der Waals surface area contributed by atoms with Gasteiger partial charge in [-0.15, -0.1) is 11.3 Å². The molecule has 1 aliphatic rings. The first-order valence-electron chi connectivity index (χ1n) is 8.10. The molecule has 4 rings (SSSR count). The van der Waals surface area contributed by atoms with Crippen molar-refractivity contribution in [2.45, 2.75) is 12.6 Å². The number of hydrogen-bond donors (Lipinski definition) is 2. The number of carbonyl (C=O) groups is 1. The Kier molecular flexibility index (Phi) is 4.57. The van der Waals surface area contributed by atoms with E-state index in [0.717, 1.165) is 24.2 Å². The summed E-state index contributed by atoms with van der Waals surface area (Å²) >= 11 is 7.70. The number of benzene rings is 1. The third-order valence-corrected chi connectivity index (χ3v) is 5.38. The number of carbonyl (C=O) groups excluding carboxylic acids is 1. The zero-order chi connectivity index (χ0) is 17.2. The normalized spacial score (nSPS) is 16.5. The summed E-state index contributed by atoms with van der Waals surface area (Å²) in [5, 5.41) is 13.8. The van der Waals surface area contributed by atoms with Crippen LogP contribution in [0.3, 0.4) is 0 Å². The highest BCUT2D eigenvalue weighted by molar-refractivity contribution is 7.09. The van der Waals surface area contributed by atoms with Crippen molar-refractivity contribution in [3.05, 3.63) is 63.4 Å². The van der Waals surface area contributed by atoms with Crippen LogP contribution in [0.25, 0.3) is 11.3 Å². The molecule has 0 fully saturated rings. The SMILES string of the molecule is O=C1NC[C@@H](NCCc2cccs2)n2nc(-c3ccc(Cl)cc3)cc21. The molecule has 1 aromatic carbocycles. The minimum absolute atomic E-state index is 0.0475. The number of amides is 1. The molecule has 0 spiro atoms. The summed E-state index contributed by atoms with van der Waals surface area (Å²) in [6.45, 7) is 1.36. The van der Waals surface area contributed by atoms with Crippen molar-refractivity contribution in [2.24, 2.45) is 0 Å². The number of thiophene rings is 1. The molecular weight excluding hydrogens is 356 g/mol. The number of hydrogen-bond acceptors (Lipinski definition) is 4. The van der Waals surface area contributed by atoms with Crippen LogP contribution in [0, 0.1) is 0 Å². The summed E-state index contributed by atoms with van der Waals surface area (Å²) in [5.41, 5.74) is 2.29. The predicted octanol–water partition coefficient (Wildman–Crippen LogP) is 3.34. The fourth-order valence-corrected chi connectivity index (χ4v) is 3.74. The summed E-state index contributed by atoms with van der Waals surface area (Å²) in [6, 6.07) is 13.5. The molecule has 2 N–H and O–H groups in total. The van der Waals surface area contributed by atoms with Gasteiger partial charge >= 0.3 is 0 Å². The molecule has 128 valence electrons. The number of nitrogens with one attached hydrogen (secondary N) is 2. The van der Waals surface area contributed by atoms with Crippen molar-refractivity contribution in [1.29, 1.82) is 0 Å². The Labute approximate surface area is 154 Å². The van der Waals surface area contributed by atoms with Crippen LogP contribution in [-0.4, -0.2) is 28.8 Å². The summed E-state index contributed by atoms with van der Waals surface area (Å²) in [5.74, 6) is -0.0935. The molecule has 1 aliphatic heterocycles. The standard InChI is InChI=1S/C18H17ClN4OS/c19-13-5-3-12(4-6-13)15-10-16-18(24)21-11-17(23(16)22-15)20-8-7-14-2-1-9-25-14/h1-6,9-10,17,20H,7-8,11H2,(H,21,24)/t17-/m0/s1. The highest BCUT2D eigenvalue weighted by atomic mass is 35.5. The maximum Gasteiger partial charge on any atom is 0.269 e. The van der Waals surface area contributed by atoms with Crippen molar-refractivity contribution in [2.75, 3.05) is 13.1 Å². The Morgan fingerprint density at radius 3 is 2.92 bits per heavy atom. The molecule has 0 radical (unpaired) electrons. The monoisotopic (exact) mass is 372 g/mol. The van der Waals surface area contributed by atoms with Gasteiger partial charge in [0.15, 0.2) is 0 Å². The van der Waals surface area contributed by atoms with Gasteiger partial charge in [0.25, 0.3) is 5.91 Å². The van der Waals surface area contributed by atoms with E-state index in [-0.39, 0.29) is 12.1 Å². The van der Waals surface area contributed by atoms with Gasteiger partial charge in [0.05, 0.1) is 12.2 Å². The van der Waals surface area contributed by atoms with Crippen LogP contribution in [0.5, 0.6) is 0 Å². The van der Waals surface area contributed by atoms with E-state index in [9.17, 15) is 4.79 Å². The predicted molar refractivity (Wildman–Crippen MR) is 100 cm³/mol. The van der Waals surface area contributed by atoms with E-state index in [1.807, 2.05) is 30.3 Å². The van der Waals surface area contributed by atoms with Crippen LogP contribution < -0.4 is 10.6 Å². The number of fused-ring (bicyclic) bond motifs is 1. The van der Waals surface area contributed by atoms with E-state index in [1.54, 1.807) is 16.0 Å². The molecule has 5 nitrogen and oxygen atoms in total. The first kappa shape index (κ1) is 16.3. The van der Waals surface area contributed by atoms with Gasteiger partial charge < -0.3 is 5.32 Å². The maximum absolute atomic E-state index is 12.2. The quantitative estimate of drug-likeness (QED) is 0.722. The minimum Gasteiger partial charge on any atom is -0.347 e. The molecule has 0 aliphatic carbocycles. The van der Waals surface area contributed by atoms with E-state index < -0.39 is 0 Å². The highest BCUT2D eigenvalue weighted by Gasteiger charge is 2.27. The maximum atomic E-state index is 12.2. The Hall–Kier alpha value is -2.15. The average molecular weight is 373 g/mol. The van der Waals surface area contributed by atoms with Crippen LogP contribution in [0.15, 0.2) is 47.8 Å². The second kappa shape index (κ2) is 7.00. The third kappa shape index (κ3) is 3.46. The van der Waals surface area contributed by atoms with Gasteiger partial charge in [0, 0.05) is 22.0 Å². The van der Waals surface area contributed by atoms with Crippen molar-refractivity contribution in [1.82, 2.24) is 20.4 Å². The van der Waals surface area contributed by atoms with Gasteiger partial charge in [-0.2, -0.15) is 5.10 Å². The smallest absolute Gasteiger partial charge is 0.269 e. The van der Waals surface area contributed by atoms with E-state index >= 15 is 0 Å². The lowest BCUT2D eigenvalue weighted by atomic mass is 10.1. The second-order valence-electron chi connectivity index (χ2n) is 5.88. The van der Waals surface area contributed by atoms with Crippen LogP contribution in [-0.2, 0) is 6.42 Å². The molecule has 0 saturated carbocycles. The van der Waals surface area contributed by atoms with E-state index in [0.29, 0.717) is 17.3 Å². The molecule has 1 amide bonds. The van der Waals surface area contributed by atoms with Crippen molar-refractivity contribution < 1.29 is 4.79 Å². The van der Waals surface area contributed by atoms with Gasteiger partial charge in [-0.05, 0) is 36.1 Å². The van der Waals surface area contributed by atoms with E-state index in [4.69, 9.17) is 11.6 Å². The molecular formula is C18H17ClN4OS. The van der Waals surface area contributed by atoms with Crippen molar-refractivity contribution in [3.8, 4) is 11.3 Å². The topological polar surface area (TPSA) is 59.0 Å². The Balaban J connectivity index is 1.53. The summed E-state index contributed by atoms with van der Waals surface area (Å²) < 4.78 is 1.79. The largest absolute Gasteiger partial charge is 0.347 e. The van der Waals surface area contributed by atoms with Crippen molar-refractivity contribution in [3.63, 3.8) is 0 Å². The first-order valence-corrected chi connectivity index (χ1v) is 9.36. The van der Waals surface area contributed by atoms with Gasteiger partial charge in [0.2, 0.25) is 0 Å². The van der Waals surface area contributed by atoms with Crippen LogP contribution in [0.4, 0.5) is 0 Å². The number of rotatable bonds is 5. The fourth-order valence-electron chi connectivity index (χ4n) is 2.91. The lowest BCUT2D eigenvalue weighted by Crippen LogP contribution is -2.45. The molecule has 3 heterocycles. The second-order valence-corrected chi connectivity index (χ2v) is 7.34. The minimum atomic E-state index is -0.0935. The zero-order valence-electron chi connectivity index (χ0n) is 13.4. The third-order valence-electron chi connectivity index (χ3n) is 4.19. The van der Waals surface area contributed by atoms with E-state index in [2.05, 4.69) is 33.2 Å². The highest BCUT2D eigenvalue weighted by Crippen LogP contribution is 2.24. The molecule has 0 bridgehead atoms. The van der Waals surface area contributed by atoms with Gasteiger partial charge in [-0.25, -0.2) is 4.68 Å². The molecule has 25 heavy (non-hydrogen) atoms. The molecule has 7 heteroatoms. The summed E-state index contributed by atoms with van der Waals surface area (Å²) in [7, 11) is 0. The Morgan fingerprint density at radius 1 is 1.32 bits per heavy atom. The molecule has 0 saturated heterocycles. The zero-order valence-corrected chi connectivity index (χ0v) is 15.0. The summed E-state index contributed by atoms with van der Waals surface area (Å²) in [4.78, 5) is 13.5. The molecule has 1 atom stereocenters. The Morgan fingerprint density at radius 2 is 2.16 bits per heavy atom. The lowest BCUT2D eigenvalue weighted by Gasteiger charge is -2.25. The van der Waals surface area contributed by atoms with Crippen LogP contribution >= 0.6 is 22.9 Å². The fraction of sp³-hybridized carbons (Fsp3) is 0.222. The average Bonchev–Trinajstić information content (AvgIpc) is 3.28. The van der Waals surface area contributed by atoms with E-state index in [1.165, 1.54) is 4.88 Å². The van der Waals surface area contributed by atoms with Gasteiger partial charge in [-0.1, -0.05) is 29.8 Å². The number of halogens is 1. The van der Waals surface area contributed by atoms with Crippen molar-refractivity contribution >= 4 is 28.8 Å².